The number of halogens is 4. The molecule has 0 spiro atoms. The van der Waals surface area contributed by atoms with E-state index >= 15 is 0 Å². The summed E-state index contributed by atoms with van der Waals surface area (Å²) in [6, 6.07) is 13.0. The van der Waals surface area contributed by atoms with Gasteiger partial charge in [-0.3, -0.25) is 4.79 Å². The maximum atomic E-state index is 12.0. The summed E-state index contributed by atoms with van der Waals surface area (Å²) in [5, 5.41) is 5.15. The second kappa shape index (κ2) is 11.9. The van der Waals surface area contributed by atoms with Gasteiger partial charge in [-0.05, 0) is 36.4 Å². The van der Waals surface area contributed by atoms with Gasteiger partial charge in [-0.1, -0.05) is 52.5 Å². The molecule has 2 atom stereocenters. The van der Waals surface area contributed by atoms with Crippen LogP contribution in [0.2, 0.25) is 10.0 Å². The summed E-state index contributed by atoms with van der Waals surface area (Å²) in [7, 11) is 0. The number of benzene rings is 2. The lowest BCUT2D eigenvalue weighted by Crippen LogP contribution is -2.50. The van der Waals surface area contributed by atoms with Crippen LogP contribution < -0.4 is 9.64 Å². The largest absolute Gasteiger partial charge is 0.491 e. The number of piperazine rings is 1. The van der Waals surface area contributed by atoms with Crippen molar-refractivity contribution in [1.29, 1.82) is 0 Å². The first kappa shape index (κ1) is 27.3. The molecule has 0 bridgehead atoms. The average Bonchev–Trinajstić information content (AvgIpc) is 3.58. The Morgan fingerprint density at radius 3 is 2.53 bits per heavy atom. The van der Waals surface area contributed by atoms with Gasteiger partial charge in [0, 0.05) is 42.5 Å². The molecule has 2 aliphatic rings. The fourth-order valence-electron chi connectivity index (χ4n) is 4.55. The zero-order valence-corrected chi connectivity index (χ0v) is 23.2. The lowest BCUT2D eigenvalue weighted by atomic mass is 10.1. The van der Waals surface area contributed by atoms with Crippen LogP contribution in [0, 0.1) is 0 Å². The SMILES string of the molecule is O=C(C(Cl)Cl)N1CCN(c2ccc(OC[C@@H]3CO[C@@](Cn4cncn4)(c4ccc(Cl)cc4Cl)O3)cc2)CC1. The quantitative estimate of drug-likeness (QED) is 0.355. The van der Waals surface area contributed by atoms with E-state index in [1.54, 1.807) is 34.1 Å². The molecule has 0 N–H and O–H groups in total. The fourth-order valence-corrected chi connectivity index (χ4v) is 5.38. The second-order valence-corrected chi connectivity index (χ2v) is 10.9. The Morgan fingerprint density at radius 1 is 1.11 bits per heavy atom. The highest BCUT2D eigenvalue weighted by molar-refractivity contribution is 6.53. The molecule has 38 heavy (non-hydrogen) atoms. The molecule has 3 heterocycles. The molecule has 1 amide bonds. The molecule has 5 rings (SSSR count). The number of amides is 1. The van der Waals surface area contributed by atoms with E-state index in [-0.39, 0.29) is 25.2 Å². The summed E-state index contributed by atoms with van der Waals surface area (Å²) in [6.45, 7) is 3.37. The van der Waals surface area contributed by atoms with Crippen LogP contribution in [0.1, 0.15) is 5.56 Å². The Hall–Kier alpha value is -2.27. The number of hydrogen-bond acceptors (Lipinski definition) is 7. The molecule has 2 aliphatic heterocycles. The van der Waals surface area contributed by atoms with Crippen LogP contribution in [0.5, 0.6) is 5.75 Å². The highest BCUT2D eigenvalue weighted by atomic mass is 35.5. The molecule has 13 heteroatoms. The summed E-state index contributed by atoms with van der Waals surface area (Å²) in [6.07, 6.45) is 2.70. The third kappa shape index (κ3) is 6.14. The van der Waals surface area contributed by atoms with Gasteiger partial charge in [-0.15, -0.1) is 0 Å². The molecule has 1 aromatic heterocycles. The van der Waals surface area contributed by atoms with Gasteiger partial charge >= 0.3 is 0 Å². The molecule has 2 fully saturated rings. The minimum Gasteiger partial charge on any atom is -0.491 e. The van der Waals surface area contributed by atoms with Gasteiger partial charge in [0.1, 0.15) is 37.7 Å². The van der Waals surface area contributed by atoms with Crippen LogP contribution in [-0.4, -0.2) is 75.9 Å². The van der Waals surface area contributed by atoms with E-state index < -0.39 is 10.6 Å². The topological polar surface area (TPSA) is 82.0 Å². The van der Waals surface area contributed by atoms with Crippen molar-refractivity contribution in [2.75, 3.05) is 44.3 Å². The number of alkyl halides is 2. The summed E-state index contributed by atoms with van der Waals surface area (Å²) >= 11 is 24.1. The summed E-state index contributed by atoms with van der Waals surface area (Å²) in [5.74, 6) is -0.709. The standard InChI is InChI=1S/C25H25Cl4N5O4/c26-17-1-6-21(22(27)11-17)25(14-34-16-30-15-31-34)37-13-20(38-25)12-36-19-4-2-18(3-5-19)32-7-9-33(10-8-32)24(35)23(28)29/h1-6,11,15-16,20,23H,7-10,12-14H2/t20-,25-/m1/s1. The van der Waals surface area contributed by atoms with Crippen LogP contribution in [0.15, 0.2) is 55.1 Å². The zero-order chi connectivity index (χ0) is 26.7. The number of aromatic nitrogens is 3. The summed E-state index contributed by atoms with van der Waals surface area (Å²) in [4.78, 5) is 18.9. The molecular formula is C25H25Cl4N5O4. The monoisotopic (exact) mass is 599 g/mol. The van der Waals surface area contributed by atoms with E-state index in [0.29, 0.717) is 54.1 Å². The van der Waals surface area contributed by atoms with E-state index in [9.17, 15) is 4.79 Å². The Bertz CT molecular complexity index is 1240. The highest BCUT2D eigenvalue weighted by Crippen LogP contribution is 2.40. The van der Waals surface area contributed by atoms with Crippen molar-refractivity contribution in [3.05, 3.63) is 70.7 Å². The van der Waals surface area contributed by atoms with E-state index in [0.717, 1.165) is 5.69 Å². The third-order valence-corrected chi connectivity index (χ3v) is 7.37. The van der Waals surface area contributed by atoms with Crippen molar-refractivity contribution in [2.45, 2.75) is 23.3 Å². The lowest BCUT2D eigenvalue weighted by molar-refractivity contribution is -0.190. The third-order valence-electron chi connectivity index (χ3n) is 6.45. The van der Waals surface area contributed by atoms with Crippen molar-refractivity contribution >= 4 is 58.0 Å². The molecule has 2 saturated heterocycles. The fraction of sp³-hybridized carbons (Fsp3) is 0.400. The number of ether oxygens (including phenoxy) is 3. The second-order valence-electron chi connectivity index (χ2n) is 8.94. The predicted octanol–water partition coefficient (Wildman–Crippen LogP) is 4.38. The first-order valence-electron chi connectivity index (χ1n) is 12.0. The molecule has 9 nitrogen and oxygen atoms in total. The van der Waals surface area contributed by atoms with Crippen LogP contribution in [0.3, 0.4) is 0 Å². The van der Waals surface area contributed by atoms with Gasteiger partial charge in [0.2, 0.25) is 5.79 Å². The van der Waals surface area contributed by atoms with Crippen molar-refractivity contribution < 1.29 is 19.0 Å². The van der Waals surface area contributed by atoms with Crippen molar-refractivity contribution in [2.24, 2.45) is 0 Å². The molecule has 3 aromatic rings. The lowest BCUT2D eigenvalue weighted by Gasteiger charge is -2.36. The molecule has 0 radical (unpaired) electrons. The maximum Gasteiger partial charge on any atom is 0.255 e. The number of carbonyl (C=O) groups is 1. The number of anilines is 1. The Balaban J connectivity index is 1.19. The number of carbonyl (C=O) groups excluding carboxylic acids is 1. The molecular weight excluding hydrogens is 576 g/mol. The van der Waals surface area contributed by atoms with Gasteiger partial charge in [0.25, 0.3) is 5.91 Å². The van der Waals surface area contributed by atoms with E-state index in [4.69, 9.17) is 60.6 Å². The van der Waals surface area contributed by atoms with Gasteiger partial charge < -0.3 is 24.0 Å². The maximum absolute atomic E-state index is 12.0. The molecule has 202 valence electrons. The minimum atomic E-state index is -1.16. The average molecular weight is 601 g/mol. The number of hydrogen-bond donors (Lipinski definition) is 0. The summed E-state index contributed by atoms with van der Waals surface area (Å²) < 4.78 is 20.2. The minimum absolute atomic E-state index is 0.251. The molecule has 0 saturated carbocycles. The van der Waals surface area contributed by atoms with E-state index in [1.165, 1.54) is 6.33 Å². The van der Waals surface area contributed by atoms with Gasteiger partial charge in [-0.25, -0.2) is 9.67 Å². The summed E-state index contributed by atoms with van der Waals surface area (Å²) in [5.41, 5.74) is 1.70. The van der Waals surface area contributed by atoms with Crippen LogP contribution in [0.25, 0.3) is 0 Å². The Kier molecular flexibility index (Phi) is 8.52. The van der Waals surface area contributed by atoms with Crippen molar-refractivity contribution in [1.82, 2.24) is 19.7 Å². The van der Waals surface area contributed by atoms with E-state index in [2.05, 4.69) is 15.0 Å². The first-order chi connectivity index (χ1) is 18.3. The van der Waals surface area contributed by atoms with Crippen molar-refractivity contribution in [3.63, 3.8) is 0 Å². The van der Waals surface area contributed by atoms with Gasteiger partial charge in [0.15, 0.2) is 4.84 Å². The van der Waals surface area contributed by atoms with E-state index in [1.807, 2.05) is 24.3 Å². The zero-order valence-electron chi connectivity index (χ0n) is 20.2. The number of rotatable bonds is 8. The van der Waals surface area contributed by atoms with Gasteiger partial charge in [-0.2, -0.15) is 5.10 Å². The molecule has 0 unspecified atom stereocenters. The highest BCUT2D eigenvalue weighted by Gasteiger charge is 2.45. The molecule has 0 aliphatic carbocycles. The normalized spacial score (nSPS) is 21.8. The van der Waals surface area contributed by atoms with Gasteiger partial charge in [0.05, 0.1) is 11.6 Å². The Labute approximate surface area is 240 Å². The van der Waals surface area contributed by atoms with Crippen LogP contribution in [-0.2, 0) is 26.6 Å². The molecule has 2 aromatic carbocycles. The first-order valence-corrected chi connectivity index (χ1v) is 13.6. The Morgan fingerprint density at radius 2 is 1.87 bits per heavy atom. The predicted molar refractivity (Wildman–Crippen MR) is 145 cm³/mol. The van der Waals surface area contributed by atoms with Crippen LogP contribution in [0.4, 0.5) is 5.69 Å². The number of nitrogens with zero attached hydrogens (tertiary/aromatic N) is 5. The van der Waals surface area contributed by atoms with Crippen molar-refractivity contribution in [3.8, 4) is 5.75 Å². The smallest absolute Gasteiger partial charge is 0.255 e. The van der Waals surface area contributed by atoms with Crippen LogP contribution >= 0.6 is 46.4 Å².